The lowest BCUT2D eigenvalue weighted by Crippen LogP contribution is -2.39. The van der Waals surface area contributed by atoms with E-state index in [2.05, 4.69) is 34.2 Å². The molecule has 23 heavy (non-hydrogen) atoms. The number of piperidine rings is 1. The zero-order chi connectivity index (χ0) is 15.6. The Morgan fingerprint density at radius 1 is 1.22 bits per heavy atom. The number of rotatable bonds is 2. The quantitative estimate of drug-likeness (QED) is 0.786. The molecule has 1 atom stereocenters. The van der Waals surface area contributed by atoms with E-state index in [0.29, 0.717) is 11.5 Å². The summed E-state index contributed by atoms with van der Waals surface area (Å²) >= 11 is 0. The summed E-state index contributed by atoms with van der Waals surface area (Å²) in [7, 11) is 0. The van der Waals surface area contributed by atoms with Crippen molar-refractivity contribution in [2.75, 3.05) is 13.1 Å². The number of hydrogen-bond donors (Lipinski definition) is 1. The maximum atomic E-state index is 12.6. The number of aromatic amines is 1. The largest absolute Gasteiger partial charge is 0.358 e. The van der Waals surface area contributed by atoms with Crippen LogP contribution in [0.1, 0.15) is 34.8 Å². The Kier molecular flexibility index (Phi) is 3.58. The summed E-state index contributed by atoms with van der Waals surface area (Å²) in [6.45, 7) is 1.59. The van der Waals surface area contributed by atoms with Crippen LogP contribution < -0.4 is 0 Å². The third-order valence-electron chi connectivity index (χ3n) is 4.61. The second kappa shape index (κ2) is 5.88. The van der Waals surface area contributed by atoms with Crippen molar-refractivity contribution in [3.63, 3.8) is 0 Å². The van der Waals surface area contributed by atoms with E-state index in [4.69, 9.17) is 0 Å². The van der Waals surface area contributed by atoms with Gasteiger partial charge in [-0.05, 0) is 42.5 Å². The van der Waals surface area contributed by atoms with Gasteiger partial charge in [0.25, 0.3) is 5.91 Å². The molecule has 4 heteroatoms. The second-order valence-electron chi connectivity index (χ2n) is 6.14. The molecule has 1 saturated heterocycles. The van der Waals surface area contributed by atoms with E-state index >= 15 is 0 Å². The molecule has 116 valence electrons. The zero-order valence-electron chi connectivity index (χ0n) is 12.9. The number of fused-ring (bicyclic) bond motifs is 1. The number of pyridine rings is 1. The highest BCUT2D eigenvalue weighted by molar-refractivity contribution is 5.94. The molecule has 2 aromatic heterocycles. The van der Waals surface area contributed by atoms with Crippen LogP contribution in [0.15, 0.2) is 54.9 Å². The SMILES string of the molecule is O=C(c1cccnc1)N1CCCC(c2cc3ccccc3[nH]2)C1. The normalized spacial score (nSPS) is 18.3. The fraction of sp³-hybridized carbons (Fsp3) is 0.263. The predicted molar refractivity (Wildman–Crippen MR) is 90.4 cm³/mol. The summed E-state index contributed by atoms with van der Waals surface area (Å²) in [5.74, 6) is 0.454. The number of para-hydroxylation sites is 1. The number of hydrogen-bond acceptors (Lipinski definition) is 2. The van der Waals surface area contributed by atoms with Crippen LogP contribution in [-0.4, -0.2) is 33.9 Å². The molecule has 0 aliphatic carbocycles. The number of carbonyl (C=O) groups is 1. The smallest absolute Gasteiger partial charge is 0.255 e. The van der Waals surface area contributed by atoms with Gasteiger partial charge in [0.2, 0.25) is 0 Å². The number of amides is 1. The maximum absolute atomic E-state index is 12.6. The van der Waals surface area contributed by atoms with E-state index in [1.54, 1.807) is 12.4 Å². The Bertz CT molecular complexity index is 792. The molecule has 1 amide bonds. The van der Waals surface area contributed by atoms with Crippen molar-refractivity contribution in [1.29, 1.82) is 0 Å². The van der Waals surface area contributed by atoms with Gasteiger partial charge in [-0.25, -0.2) is 0 Å². The molecule has 1 N–H and O–H groups in total. The number of nitrogens with one attached hydrogen (secondary N) is 1. The Balaban J connectivity index is 1.56. The van der Waals surface area contributed by atoms with Gasteiger partial charge in [0, 0.05) is 42.6 Å². The molecule has 0 radical (unpaired) electrons. The van der Waals surface area contributed by atoms with E-state index in [1.807, 2.05) is 23.1 Å². The van der Waals surface area contributed by atoms with Gasteiger partial charge in [-0.3, -0.25) is 9.78 Å². The van der Waals surface area contributed by atoms with Crippen molar-refractivity contribution in [1.82, 2.24) is 14.9 Å². The topological polar surface area (TPSA) is 49.0 Å². The van der Waals surface area contributed by atoms with E-state index < -0.39 is 0 Å². The van der Waals surface area contributed by atoms with Gasteiger partial charge < -0.3 is 9.88 Å². The van der Waals surface area contributed by atoms with Crippen LogP contribution in [0.2, 0.25) is 0 Å². The lowest BCUT2D eigenvalue weighted by atomic mass is 9.94. The fourth-order valence-corrected chi connectivity index (χ4v) is 3.40. The average Bonchev–Trinajstić information content (AvgIpc) is 3.06. The minimum Gasteiger partial charge on any atom is -0.358 e. The third kappa shape index (κ3) is 2.72. The van der Waals surface area contributed by atoms with E-state index in [-0.39, 0.29) is 5.91 Å². The highest BCUT2D eigenvalue weighted by Gasteiger charge is 2.26. The molecule has 1 aromatic carbocycles. The predicted octanol–water partition coefficient (Wildman–Crippen LogP) is 3.58. The number of H-pyrrole nitrogens is 1. The van der Waals surface area contributed by atoms with Crippen LogP contribution >= 0.6 is 0 Å². The molecule has 0 spiro atoms. The molecule has 4 rings (SSSR count). The van der Waals surface area contributed by atoms with Crippen LogP contribution in [0.5, 0.6) is 0 Å². The second-order valence-corrected chi connectivity index (χ2v) is 6.14. The van der Waals surface area contributed by atoms with Gasteiger partial charge in [-0.2, -0.15) is 0 Å². The molecule has 1 aliphatic heterocycles. The van der Waals surface area contributed by atoms with Gasteiger partial charge in [0.05, 0.1) is 5.56 Å². The lowest BCUT2D eigenvalue weighted by molar-refractivity contribution is 0.0705. The van der Waals surface area contributed by atoms with Crippen LogP contribution in [0.25, 0.3) is 10.9 Å². The Morgan fingerprint density at radius 3 is 2.96 bits per heavy atom. The first kappa shape index (κ1) is 14.0. The highest BCUT2D eigenvalue weighted by Crippen LogP contribution is 2.29. The lowest BCUT2D eigenvalue weighted by Gasteiger charge is -2.32. The summed E-state index contributed by atoms with van der Waals surface area (Å²) in [5, 5.41) is 1.23. The Hall–Kier alpha value is -2.62. The van der Waals surface area contributed by atoms with Crippen LogP contribution in [0, 0.1) is 0 Å². The molecule has 4 nitrogen and oxygen atoms in total. The number of likely N-dealkylation sites (tertiary alicyclic amines) is 1. The standard InChI is InChI=1S/C19H19N3O/c23-19(15-6-3-9-20-12-15)22-10-4-7-16(13-22)18-11-14-5-1-2-8-17(14)21-18/h1-3,5-6,8-9,11-12,16,21H,4,7,10,13H2. The molecular formula is C19H19N3O. The summed E-state index contributed by atoms with van der Waals surface area (Å²) in [4.78, 5) is 22.1. The zero-order valence-corrected chi connectivity index (χ0v) is 12.9. The number of nitrogens with zero attached hydrogens (tertiary/aromatic N) is 2. The van der Waals surface area contributed by atoms with Crippen LogP contribution in [0.3, 0.4) is 0 Å². The summed E-state index contributed by atoms with van der Waals surface area (Å²) in [6, 6.07) is 14.2. The van der Waals surface area contributed by atoms with E-state index in [9.17, 15) is 4.79 Å². The van der Waals surface area contributed by atoms with Crippen molar-refractivity contribution < 1.29 is 4.79 Å². The van der Waals surface area contributed by atoms with Crippen LogP contribution in [-0.2, 0) is 0 Å². The van der Waals surface area contributed by atoms with Gasteiger partial charge >= 0.3 is 0 Å². The van der Waals surface area contributed by atoms with Crippen molar-refractivity contribution in [2.45, 2.75) is 18.8 Å². The van der Waals surface area contributed by atoms with E-state index in [0.717, 1.165) is 25.9 Å². The van der Waals surface area contributed by atoms with Gasteiger partial charge in [-0.15, -0.1) is 0 Å². The molecule has 1 aliphatic rings. The number of benzene rings is 1. The molecule has 0 saturated carbocycles. The van der Waals surface area contributed by atoms with Crippen molar-refractivity contribution >= 4 is 16.8 Å². The molecule has 3 heterocycles. The first-order chi connectivity index (χ1) is 11.3. The molecular weight excluding hydrogens is 286 g/mol. The van der Waals surface area contributed by atoms with Crippen molar-refractivity contribution in [3.8, 4) is 0 Å². The summed E-state index contributed by atoms with van der Waals surface area (Å²) < 4.78 is 0. The van der Waals surface area contributed by atoms with Crippen LogP contribution in [0.4, 0.5) is 0 Å². The highest BCUT2D eigenvalue weighted by atomic mass is 16.2. The molecule has 1 fully saturated rings. The molecule has 0 bridgehead atoms. The minimum atomic E-state index is 0.0823. The van der Waals surface area contributed by atoms with Crippen molar-refractivity contribution in [3.05, 3.63) is 66.1 Å². The summed E-state index contributed by atoms with van der Waals surface area (Å²) in [5.41, 5.74) is 3.07. The van der Waals surface area contributed by atoms with E-state index in [1.165, 1.54) is 16.6 Å². The molecule has 1 unspecified atom stereocenters. The molecule has 3 aromatic rings. The Morgan fingerprint density at radius 2 is 2.13 bits per heavy atom. The number of carbonyl (C=O) groups excluding carboxylic acids is 1. The first-order valence-corrected chi connectivity index (χ1v) is 8.08. The van der Waals surface area contributed by atoms with Crippen molar-refractivity contribution in [2.24, 2.45) is 0 Å². The Labute approximate surface area is 135 Å². The van der Waals surface area contributed by atoms with Gasteiger partial charge in [0.1, 0.15) is 0 Å². The average molecular weight is 305 g/mol. The summed E-state index contributed by atoms with van der Waals surface area (Å²) in [6.07, 6.45) is 5.49. The van der Waals surface area contributed by atoms with Gasteiger partial charge in [0.15, 0.2) is 0 Å². The fourth-order valence-electron chi connectivity index (χ4n) is 3.40. The number of aromatic nitrogens is 2. The van der Waals surface area contributed by atoms with Gasteiger partial charge in [-0.1, -0.05) is 18.2 Å². The minimum absolute atomic E-state index is 0.0823. The maximum Gasteiger partial charge on any atom is 0.255 e. The monoisotopic (exact) mass is 305 g/mol. The third-order valence-corrected chi connectivity index (χ3v) is 4.61. The first-order valence-electron chi connectivity index (χ1n) is 8.08.